The molecule has 1 aliphatic rings. The van der Waals surface area contributed by atoms with Gasteiger partial charge in [-0.05, 0) is 18.9 Å². The Labute approximate surface area is 131 Å². The molecule has 0 atom stereocenters. The summed E-state index contributed by atoms with van der Waals surface area (Å²) in [6.45, 7) is 1.83. The van der Waals surface area contributed by atoms with E-state index in [9.17, 15) is 9.18 Å². The van der Waals surface area contributed by atoms with Crippen LogP contribution in [0.3, 0.4) is 0 Å². The van der Waals surface area contributed by atoms with Crippen LogP contribution in [0.4, 0.5) is 4.39 Å². The molecule has 0 aromatic heterocycles. The van der Waals surface area contributed by atoms with Crippen LogP contribution in [-0.4, -0.2) is 43.7 Å². The number of nitrogens with one attached hydrogen (secondary N) is 1. The summed E-state index contributed by atoms with van der Waals surface area (Å²) in [4.78, 5) is 14.0. The van der Waals surface area contributed by atoms with Gasteiger partial charge in [0.15, 0.2) is 0 Å². The van der Waals surface area contributed by atoms with Crippen molar-refractivity contribution >= 4 is 18.3 Å². The molecule has 0 aliphatic heterocycles. The van der Waals surface area contributed by atoms with E-state index in [1.807, 2.05) is 0 Å². The first-order chi connectivity index (χ1) is 9.72. The molecule has 0 spiro atoms. The molecular formula is C15H22ClFN2O2. The lowest BCUT2D eigenvalue weighted by Gasteiger charge is -2.23. The predicted molar refractivity (Wildman–Crippen MR) is 82.0 cm³/mol. The maximum Gasteiger partial charge on any atom is 0.237 e. The number of carbonyl (C=O) groups excluding carboxylic acids is 1. The Bertz CT molecular complexity index is 455. The second-order valence-corrected chi connectivity index (χ2v) is 5.01. The van der Waals surface area contributed by atoms with Crippen LogP contribution in [-0.2, 0) is 16.1 Å². The van der Waals surface area contributed by atoms with Crippen LogP contribution in [0, 0.1) is 5.82 Å². The highest BCUT2D eigenvalue weighted by Crippen LogP contribution is 2.28. The Morgan fingerprint density at radius 1 is 1.43 bits per heavy atom. The van der Waals surface area contributed by atoms with Crippen LogP contribution in [0.2, 0.25) is 0 Å². The fourth-order valence-electron chi connectivity index (χ4n) is 2.09. The first-order valence-corrected chi connectivity index (χ1v) is 6.95. The van der Waals surface area contributed by atoms with Gasteiger partial charge in [-0.1, -0.05) is 18.2 Å². The van der Waals surface area contributed by atoms with Gasteiger partial charge in [-0.25, -0.2) is 4.39 Å². The fraction of sp³-hybridized carbons (Fsp3) is 0.533. The SMILES string of the molecule is COCCNCC(=O)N(Cc1ccccc1F)C1CC1.Cl. The molecule has 6 heteroatoms. The van der Waals surface area contributed by atoms with Gasteiger partial charge in [-0.3, -0.25) is 4.79 Å². The summed E-state index contributed by atoms with van der Waals surface area (Å²) in [5.74, 6) is -0.231. The summed E-state index contributed by atoms with van der Waals surface area (Å²) in [7, 11) is 1.62. The van der Waals surface area contributed by atoms with E-state index in [1.54, 1.807) is 30.2 Å². The average Bonchev–Trinajstić information content (AvgIpc) is 3.27. The Morgan fingerprint density at radius 2 is 2.14 bits per heavy atom. The molecule has 1 N–H and O–H groups in total. The smallest absolute Gasteiger partial charge is 0.237 e. The molecule has 1 fully saturated rings. The zero-order chi connectivity index (χ0) is 14.4. The van der Waals surface area contributed by atoms with Gasteiger partial charge in [0.2, 0.25) is 5.91 Å². The van der Waals surface area contributed by atoms with Crippen LogP contribution >= 0.6 is 12.4 Å². The molecule has 0 bridgehead atoms. The largest absolute Gasteiger partial charge is 0.383 e. The van der Waals surface area contributed by atoms with Crippen molar-refractivity contribution in [2.45, 2.75) is 25.4 Å². The molecule has 4 nitrogen and oxygen atoms in total. The number of hydrogen-bond donors (Lipinski definition) is 1. The van der Waals surface area contributed by atoms with Gasteiger partial charge in [0.05, 0.1) is 13.2 Å². The van der Waals surface area contributed by atoms with Gasteiger partial charge in [0, 0.05) is 31.8 Å². The zero-order valence-electron chi connectivity index (χ0n) is 12.2. The summed E-state index contributed by atoms with van der Waals surface area (Å²) in [5.41, 5.74) is 0.574. The maximum absolute atomic E-state index is 13.7. The van der Waals surface area contributed by atoms with Crippen molar-refractivity contribution in [3.8, 4) is 0 Å². The molecule has 118 valence electrons. The van der Waals surface area contributed by atoms with E-state index in [-0.39, 0.29) is 36.7 Å². The van der Waals surface area contributed by atoms with Gasteiger partial charge < -0.3 is 15.0 Å². The van der Waals surface area contributed by atoms with Gasteiger partial charge in [0.25, 0.3) is 0 Å². The van der Waals surface area contributed by atoms with E-state index >= 15 is 0 Å². The van der Waals surface area contributed by atoms with E-state index in [0.717, 1.165) is 12.8 Å². The summed E-state index contributed by atoms with van der Waals surface area (Å²) < 4.78 is 18.6. The van der Waals surface area contributed by atoms with Crippen molar-refractivity contribution in [2.75, 3.05) is 26.8 Å². The zero-order valence-corrected chi connectivity index (χ0v) is 13.0. The lowest BCUT2D eigenvalue weighted by molar-refractivity contribution is -0.131. The van der Waals surface area contributed by atoms with Crippen LogP contribution in [0.5, 0.6) is 0 Å². The average molecular weight is 317 g/mol. The van der Waals surface area contributed by atoms with Crippen molar-refractivity contribution in [2.24, 2.45) is 0 Å². The molecule has 1 saturated carbocycles. The topological polar surface area (TPSA) is 41.6 Å². The Morgan fingerprint density at radius 3 is 2.76 bits per heavy atom. The minimum Gasteiger partial charge on any atom is -0.383 e. The third-order valence-corrected chi connectivity index (χ3v) is 3.37. The van der Waals surface area contributed by atoms with Gasteiger partial charge >= 0.3 is 0 Å². The van der Waals surface area contributed by atoms with E-state index < -0.39 is 0 Å². The number of rotatable bonds is 8. The minimum absolute atomic E-state index is 0. The van der Waals surface area contributed by atoms with E-state index in [4.69, 9.17) is 4.74 Å². The first kappa shape index (κ1) is 17.9. The molecule has 1 aromatic carbocycles. The predicted octanol–water partition coefficient (Wildman–Crippen LogP) is 1.97. The van der Waals surface area contributed by atoms with Gasteiger partial charge in [0.1, 0.15) is 5.82 Å². The van der Waals surface area contributed by atoms with Gasteiger partial charge in [-0.15, -0.1) is 12.4 Å². The van der Waals surface area contributed by atoms with Crippen LogP contribution < -0.4 is 5.32 Å². The number of nitrogens with zero attached hydrogens (tertiary/aromatic N) is 1. The second kappa shape index (κ2) is 8.97. The molecular weight excluding hydrogens is 295 g/mol. The number of carbonyl (C=O) groups is 1. The third-order valence-electron chi connectivity index (χ3n) is 3.37. The number of ether oxygens (including phenoxy) is 1. The maximum atomic E-state index is 13.7. The number of hydrogen-bond acceptors (Lipinski definition) is 3. The lowest BCUT2D eigenvalue weighted by Crippen LogP contribution is -2.40. The van der Waals surface area contributed by atoms with E-state index in [1.165, 1.54) is 6.07 Å². The molecule has 1 amide bonds. The third kappa shape index (κ3) is 5.61. The summed E-state index contributed by atoms with van der Waals surface area (Å²) in [6, 6.07) is 6.89. The van der Waals surface area contributed by atoms with Crippen molar-refractivity contribution in [1.29, 1.82) is 0 Å². The van der Waals surface area contributed by atoms with Crippen LogP contribution in [0.15, 0.2) is 24.3 Å². The fourth-order valence-corrected chi connectivity index (χ4v) is 2.09. The normalized spacial score (nSPS) is 13.6. The molecule has 1 aliphatic carbocycles. The molecule has 1 aromatic rings. The summed E-state index contributed by atoms with van der Waals surface area (Å²) in [5, 5.41) is 3.04. The van der Waals surface area contributed by atoms with Crippen molar-refractivity contribution < 1.29 is 13.9 Å². The van der Waals surface area contributed by atoms with Crippen molar-refractivity contribution in [1.82, 2.24) is 10.2 Å². The molecule has 21 heavy (non-hydrogen) atoms. The van der Waals surface area contributed by atoms with Crippen molar-refractivity contribution in [3.63, 3.8) is 0 Å². The number of amides is 1. The highest BCUT2D eigenvalue weighted by molar-refractivity contribution is 5.85. The number of benzene rings is 1. The Kier molecular flexibility index (Phi) is 7.64. The first-order valence-electron chi connectivity index (χ1n) is 6.95. The molecule has 0 unspecified atom stereocenters. The van der Waals surface area contributed by atoms with Crippen molar-refractivity contribution in [3.05, 3.63) is 35.6 Å². The number of halogens is 2. The minimum atomic E-state index is -0.252. The lowest BCUT2D eigenvalue weighted by atomic mass is 10.2. The number of methoxy groups -OCH3 is 1. The summed E-state index contributed by atoms with van der Waals surface area (Å²) in [6.07, 6.45) is 2.02. The molecule has 0 heterocycles. The Balaban J connectivity index is 0.00000220. The second-order valence-electron chi connectivity index (χ2n) is 5.01. The molecule has 0 radical (unpaired) electrons. The molecule has 0 saturated heterocycles. The highest BCUT2D eigenvalue weighted by Gasteiger charge is 2.32. The van der Waals surface area contributed by atoms with E-state index in [2.05, 4.69) is 5.32 Å². The van der Waals surface area contributed by atoms with E-state index in [0.29, 0.717) is 25.3 Å². The standard InChI is InChI=1S/C15H21FN2O2.ClH/c1-20-9-8-17-10-15(19)18(13-6-7-13)11-12-4-2-3-5-14(12)16;/h2-5,13,17H,6-11H2,1H3;1H. The van der Waals surface area contributed by atoms with Gasteiger partial charge in [-0.2, -0.15) is 0 Å². The summed E-state index contributed by atoms with van der Waals surface area (Å²) >= 11 is 0. The Hall–Kier alpha value is -1.17. The molecule has 2 rings (SSSR count). The monoisotopic (exact) mass is 316 g/mol. The van der Waals surface area contributed by atoms with Crippen LogP contribution in [0.25, 0.3) is 0 Å². The highest BCUT2D eigenvalue weighted by atomic mass is 35.5. The van der Waals surface area contributed by atoms with Crippen LogP contribution in [0.1, 0.15) is 18.4 Å². The quantitative estimate of drug-likeness (QED) is 0.746.